The molecule has 0 aliphatic heterocycles. The second-order valence-electron chi connectivity index (χ2n) is 6.78. The predicted octanol–water partition coefficient (Wildman–Crippen LogP) is 5.77. The number of benzene rings is 2. The molecule has 0 spiro atoms. The number of aromatic nitrogens is 1. The highest BCUT2D eigenvalue weighted by molar-refractivity contribution is 7.80. The maximum absolute atomic E-state index is 13.3. The molecule has 0 saturated heterocycles. The van der Waals surface area contributed by atoms with Gasteiger partial charge in [0.2, 0.25) is 0 Å². The summed E-state index contributed by atoms with van der Waals surface area (Å²) in [5.74, 6) is -0.348. The van der Waals surface area contributed by atoms with Crippen molar-refractivity contribution in [3.63, 3.8) is 0 Å². The Morgan fingerprint density at radius 2 is 1.83 bits per heavy atom. The van der Waals surface area contributed by atoms with E-state index in [0.717, 1.165) is 29.8 Å². The van der Waals surface area contributed by atoms with Crippen LogP contribution in [-0.2, 0) is 19.4 Å². The summed E-state index contributed by atoms with van der Waals surface area (Å²) < 4.78 is 15.2. The summed E-state index contributed by atoms with van der Waals surface area (Å²) >= 11 is 11.6. The zero-order valence-corrected chi connectivity index (χ0v) is 18.5. The summed E-state index contributed by atoms with van der Waals surface area (Å²) in [5.41, 5.74) is 8.06. The molecule has 0 aliphatic carbocycles. The van der Waals surface area contributed by atoms with Crippen LogP contribution >= 0.6 is 23.8 Å². The first-order valence-corrected chi connectivity index (χ1v) is 10.6. The first-order valence-electron chi connectivity index (χ1n) is 9.81. The van der Waals surface area contributed by atoms with E-state index in [0.29, 0.717) is 16.7 Å². The van der Waals surface area contributed by atoms with E-state index < -0.39 is 0 Å². The third-order valence-corrected chi connectivity index (χ3v) is 5.37. The molecular formula is C23H24ClFN4S. The summed E-state index contributed by atoms with van der Waals surface area (Å²) in [6.45, 7) is 4.76. The Balaban J connectivity index is 1.66. The Bertz CT molecular complexity index is 1040. The maximum Gasteiger partial charge on any atom is 0.191 e. The van der Waals surface area contributed by atoms with Crippen LogP contribution in [-0.4, -0.2) is 15.9 Å². The van der Waals surface area contributed by atoms with Crippen LogP contribution in [0.2, 0.25) is 5.02 Å². The molecule has 2 aromatic carbocycles. The first-order chi connectivity index (χ1) is 14.5. The van der Waals surface area contributed by atoms with Gasteiger partial charge in [0.05, 0.1) is 11.9 Å². The van der Waals surface area contributed by atoms with Gasteiger partial charge >= 0.3 is 0 Å². The summed E-state index contributed by atoms with van der Waals surface area (Å²) in [4.78, 5) is 0. The molecule has 2 N–H and O–H groups in total. The van der Waals surface area contributed by atoms with Crippen molar-refractivity contribution in [2.24, 2.45) is 5.10 Å². The van der Waals surface area contributed by atoms with Crippen LogP contribution in [0.1, 0.15) is 36.2 Å². The lowest BCUT2D eigenvalue weighted by Gasteiger charge is -2.15. The number of halogens is 2. The van der Waals surface area contributed by atoms with Crippen LogP contribution in [0.4, 0.5) is 10.1 Å². The Labute approximate surface area is 186 Å². The summed E-state index contributed by atoms with van der Waals surface area (Å²) in [6, 6.07) is 14.5. The molecule has 0 fully saturated rings. The molecule has 0 aliphatic rings. The van der Waals surface area contributed by atoms with E-state index in [9.17, 15) is 4.39 Å². The quantitative estimate of drug-likeness (QED) is 0.277. The Morgan fingerprint density at radius 3 is 2.50 bits per heavy atom. The summed E-state index contributed by atoms with van der Waals surface area (Å²) in [7, 11) is 0. The minimum absolute atomic E-state index is 0.348. The molecule has 0 amide bonds. The molecular weight excluding hydrogens is 419 g/mol. The lowest BCUT2D eigenvalue weighted by molar-refractivity contribution is 0.626. The van der Waals surface area contributed by atoms with Crippen molar-refractivity contribution in [3.8, 4) is 0 Å². The van der Waals surface area contributed by atoms with E-state index in [2.05, 4.69) is 47.9 Å². The average molecular weight is 443 g/mol. The molecule has 30 heavy (non-hydrogen) atoms. The highest BCUT2D eigenvalue weighted by Gasteiger charge is 2.08. The monoisotopic (exact) mass is 442 g/mol. The largest absolute Gasteiger partial charge is 0.342 e. The normalized spacial score (nSPS) is 11.1. The standard InChI is InChI=1S/C23H24ClFN4S/c1-3-16-7-5-8-17(4-2)22(16)27-23(30)28-26-14-20-9-6-12-29(20)15-18-10-11-19(25)13-21(18)24/h5-14H,3-4,15H2,1-2H3,(H2,27,28,30)/b26-14+. The number of nitrogens with zero attached hydrogens (tertiary/aromatic N) is 2. The van der Waals surface area contributed by atoms with E-state index in [4.69, 9.17) is 23.8 Å². The number of anilines is 1. The molecule has 3 rings (SSSR count). The van der Waals surface area contributed by atoms with E-state index in [1.807, 2.05) is 22.9 Å². The highest BCUT2D eigenvalue weighted by atomic mass is 35.5. The number of nitrogens with one attached hydrogen (secondary N) is 2. The zero-order valence-electron chi connectivity index (χ0n) is 17.0. The van der Waals surface area contributed by atoms with Gasteiger partial charge in [0.15, 0.2) is 5.11 Å². The van der Waals surface area contributed by atoms with Crippen molar-refractivity contribution >= 4 is 40.8 Å². The second-order valence-corrected chi connectivity index (χ2v) is 7.59. The van der Waals surface area contributed by atoms with Crippen LogP contribution in [0, 0.1) is 5.82 Å². The third-order valence-electron chi connectivity index (χ3n) is 4.82. The Morgan fingerprint density at radius 1 is 1.10 bits per heavy atom. The molecule has 0 atom stereocenters. The van der Waals surface area contributed by atoms with Crippen LogP contribution in [0.5, 0.6) is 0 Å². The smallest absolute Gasteiger partial charge is 0.191 e. The molecule has 0 saturated carbocycles. The fourth-order valence-electron chi connectivity index (χ4n) is 3.22. The number of hydrogen-bond donors (Lipinski definition) is 2. The number of thiocarbonyl (C=S) groups is 1. The highest BCUT2D eigenvalue weighted by Crippen LogP contribution is 2.22. The number of hydrazone groups is 1. The fraction of sp³-hybridized carbons (Fsp3) is 0.217. The van der Waals surface area contributed by atoms with Gasteiger partial charge in [-0.25, -0.2) is 4.39 Å². The molecule has 1 aromatic heterocycles. The van der Waals surface area contributed by atoms with Crippen LogP contribution in [0.15, 0.2) is 59.8 Å². The van der Waals surface area contributed by atoms with Crippen molar-refractivity contribution in [1.29, 1.82) is 0 Å². The van der Waals surface area contributed by atoms with Gasteiger partial charge < -0.3 is 9.88 Å². The van der Waals surface area contributed by atoms with Crippen LogP contribution in [0.3, 0.4) is 0 Å². The van der Waals surface area contributed by atoms with Gasteiger partial charge in [0, 0.05) is 23.5 Å². The Kier molecular flexibility index (Phi) is 7.60. The van der Waals surface area contributed by atoms with E-state index >= 15 is 0 Å². The topological polar surface area (TPSA) is 41.4 Å². The van der Waals surface area contributed by atoms with Crippen molar-refractivity contribution < 1.29 is 4.39 Å². The lowest BCUT2D eigenvalue weighted by Crippen LogP contribution is -2.25. The van der Waals surface area contributed by atoms with E-state index in [1.54, 1.807) is 12.3 Å². The van der Waals surface area contributed by atoms with Crippen molar-refractivity contribution in [1.82, 2.24) is 9.99 Å². The molecule has 0 bridgehead atoms. The number of rotatable bonds is 7. The maximum atomic E-state index is 13.3. The molecule has 156 valence electrons. The minimum atomic E-state index is -0.348. The zero-order chi connectivity index (χ0) is 21.5. The van der Waals surface area contributed by atoms with Gasteiger partial charge in [-0.05, 0) is 66.0 Å². The second kappa shape index (κ2) is 10.4. The van der Waals surface area contributed by atoms with E-state index in [-0.39, 0.29) is 5.82 Å². The summed E-state index contributed by atoms with van der Waals surface area (Å²) in [5, 5.41) is 8.37. The number of para-hydroxylation sites is 1. The van der Waals surface area contributed by atoms with Gasteiger partial charge in [-0.3, -0.25) is 5.43 Å². The SMILES string of the molecule is CCc1cccc(CC)c1NC(=S)N/N=C/c1cccn1Cc1ccc(F)cc1Cl. The fourth-order valence-corrected chi connectivity index (χ4v) is 3.61. The number of hydrogen-bond acceptors (Lipinski definition) is 2. The third kappa shape index (κ3) is 5.46. The lowest BCUT2D eigenvalue weighted by atomic mass is 10.0. The molecule has 1 heterocycles. The van der Waals surface area contributed by atoms with Gasteiger partial charge in [0.1, 0.15) is 5.82 Å². The van der Waals surface area contributed by atoms with Gasteiger partial charge in [0.25, 0.3) is 0 Å². The van der Waals surface area contributed by atoms with Crippen molar-refractivity contribution in [2.75, 3.05) is 5.32 Å². The molecule has 3 aromatic rings. The van der Waals surface area contributed by atoms with E-state index in [1.165, 1.54) is 23.3 Å². The molecule has 4 nitrogen and oxygen atoms in total. The average Bonchev–Trinajstić information content (AvgIpc) is 3.17. The van der Waals surface area contributed by atoms with Crippen LogP contribution < -0.4 is 10.7 Å². The van der Waals surface area contributed by atoms with Gasteiger partial charge in [-0.1, -0.05) is 49.7 Å². The molecule has 0 unspecified atom stereocenters. The van der Waals surface area contributed by atoms with Crippen LogP contribution in [0.25, 0.3) is 0 Å². The Hall–Kier alpha value is -2.70. The minimum Gasteiger partial charge on any atom is -0.342 e. The molecule has 7 heteroatoms. The van der Waals surface area contributed by atoms with Gasteiger partial charge in [-0.2, -0.15) is 5.10 Å². The van der Waals surface area contributed by atoms with Crippen molar-refractivity contribution in [3.05, 3.63) is 88.0 Å². The van der Waals surface area contributed by atoms with Crippen molar-refractivity contribution in [2.45, 2.75) is 33.2 Å². The summed E-state index contributed by atoms with van der Waals surface area (Å²) in [6.07, 6.45) is 5.45. The first kappa shape index (κ1) is 22.0. The van der Waals surface area contributed by atoms with Gasteiger partial charge in [-0.15, -0.1) is 0 Å². The predicted molar refractivity (Wildman–Crippen MR) is 127 cm³/mol. The number of aryl methyl sites for hydroxylation is 2. The molecule has 0 radical (unpaired) electrons.